The molecule has 1 aromatic carbocycles. The van der Waals surface area contributed by atoms with Gasteiger partial charge in [-0.2, -0.15) is 0 Å². The van der Waals surface area contributed by atoms with Gasteiger partial charge in [0.05, 0.1) is 6.61 Å². The van der Waals surface area contributed by atoms with Crippen LogP contribution in [0.3, 0.4) is 0 Å². The number of nitrogens with two attached hydrogens (primary N) is 1. The van der Waals surface area contributed by atoms with Crippen LogP contribution < -0.4 is 10.5 Å². The summed E-state index contributed by atoms with van der Waals surface area (Å²) in [4.78, 5) is 0. The molecule has 3 heteroatoms. The Hall–Kier alpha value is -1.74. The largest absolute Gasteiger partial charge is 0.493 e. The van der Waals surface area contributed by atoms with Crippen LogP contribution in [0, 0.1) is 0 Å². The van der Waals surface area contributed by atoms with Gasteiger partial charge in [-0.3, -0.25) is 0 Å². The molecule has 3 rings (SSSR count). The third kappa shape index (κ3) is 1.83. The fraction of sp³-hybridized carbons (Fsp3) is 0.286. The van der Waals surface area contributed by atoms with Gasteiger partial charge in [-0.25, -0.2) is 0 Å². The molecule has 3 nitrogen and oxygen atoms in total. The minimum atomic E-state index is 0.434. The lowest BCUT2D eigenvalue weighted by molar-refractivity contribution is 0.318. The Morgan fingerprint density at radius 3 is 3.00 bits per heavy atom. The smallest absolute Gasteiger partial charge is 0.122 e. The number of hydrogen-bond acceptors (Lipinski definition) is 2. The molecular formula is C14H16N2O. The minimum absolute atomic E-state index is 0.434. The van der Waals surface area contributed by atoms with E-state index >= 15 is 0 Å². The molecule has 2 heterocycles. The molecular weight excluding hydrogens is 212 g/mol. The molecule has 1 aromatic heterocycles. The summed E-state index contributed by atoms with van der Waals surface area (Å²) in [7, 11) is 0. The number of para-hydroxylation sites is 1. The number of hydrogen-bond donors (Lipinski definition) is 1. The fourth-order valence-corrected chi connectivity index (χ4v) is 2.43. The molecule has 1 aliphatic rings. The first kappa shape index (κ1) is 10.4. The van der Waals surface area contributed by atoms with Crippen molar-refractivity contribution in [2.45, 2.75) is 19.0 Å². The van der Waals surface area contributed by atoms with E-state index in [1.54, 1.807) is 0 Å². The van der Waals surface area contributed by atoms with E-state index in [1.807, 2.05) is 18.2 Å². The maximum absolute atomic E-state index is 5.71. The Balaban J connectivity index is 1.84. The minimum Gasteiger partial charge on any atom is -0.493 e. The summed E-state index contributed by atoms with van der Waals surface area (Å²) in [6, 6.07) is 12.4. The van der Waals surface area contributed by atoms with Crippen molar-refractivity contribution in [1.82, 2.24) is 4.57 Å². The highest BCUT2D eigenvalue weighted by Crippen LogP contribution is 2.34. The van der Waals surface area contributed by atoms with Crippen LogP contribution in [-0.2, 0) is 13.1 Å². The summed E-state index contributed by atoms with van der Waals surface area (Å²) in [5.41, 5.74) is 8.20. The van der Waals surface area contributed by atoms with E-state index in [0.717, 1.165) is 18.9 Å². The van der Waals surface area contributed by atoms with E-state index < -0.39 is 0 Å². The molecule has 0 saturated carbocycles. The second-order valence-corrected chi connectivity index (χ2v) is 4.40. The molecule has 2 aromatic rings. The lowest BCUT2D eigenvalue weighted by Gasteiger charge is -2.12. The predicted molar refractivity (Wildman–Crippen MR) is 67.0 cm³/mol. The summed E-state index contributed by atoms with van der Waals surface area (Å²) >= 11 is 0. The van der Waals surface area contributed by atoms with Gasteiger partial charge < -0.3 is 15.0 Å². The highest BCUT2D eigenvalue weighted by molar-refractivity contribution is 5.39. The highest BCUT2D eigenvalue weighted by Gasteiger charge is 2.24. The lowest BCUT2D eigenvalue weighted by atomic mass is 10.0. The molecule has 1 aliphatic heterocycles. The number of ether oxygens (including phenoxy) is 1. The van der Waals surface area contributed by atoms with Gasteiger partial charge in [0.15, 0.2) is 0 Å². The third-order valence-corrected chi connectivity index (χ3v) is 3.35. The van der Waals surface area contributed by atoms with Crippen molar-refractivity contribution in [1.29, 1.82) is 0 Å². The molecule has 0 amide bonds. The monoisotopic (exact) mass is 228 g/mol. The molecule has 0 bridgehead atoms. The quantitative estimate of drug-likeness (QED) is 0.874. The molecule has 1 unspecified atom stereocenters. The molecule has 2 N–H and O–H groups in total. The van der Waals surface area contributed by atoms with Gasteiger partial charge in [-0.05, 0) is 18.2 Å². The molecule has 88 valence electrons. The molecule has 0 spiro atoms. The SMILES string of the molecule is NCc1cccn1CC1COc2ccccc21. The summed E-state index contributed by atoms with van der Waals surface area (Å²) in [6.45, 7) is 2.29. The van der Waals surface area contributed by atoms with Crippen molar-refractivity contribution in [2.24, 2.45) is 5.73 Å². The predicted octanol–water partition coefficient (Wildman–Crippen LogP) is 2.12. The second kappa shape index (κ2) is 4.26. The van der Waals surface area contributed by atoms with Crippen LogP contribution >= 0.6 is 0 Å². The average Bonchev–Trinajstić information content (AvgIpc) is 2.97. The van der Waals surface area contributed by atoms with Crippen LogP contribution in [0.5, 0.6) is 5.75 Å². The summed E-state index contributed by atoms with van der Waals surface area (Å²) in [5, 5.41) is 0. The number of rotatable bonds is 3. The van der Waals surface area contributed by atoms with Gasteiger partial charge in [0.25, 0.3) is 0 Å². The highest BCUT2D eigenvalue weighted by atomic mass is 16.5. The van der Waals surface area contributed by atoms with Crippen molar-refractivity contribution in [3.05, 3.63) is 53.9 Å². The van der Waals surface area contributed by atoms with E-state index in [2.05, 4.69) is 29.0 Å². The van der Waals surface area contributed by atoms with Gasteiger partial charge in [0.1, 0.15) is 5.75 Å². The van der Waals surface area contributed by atoms with Gasteiger partial charge in [0, 0.05) is 36.5 Å². The number of aromatic nitrogens is 1. The average molecular weight is 228 g/mol. The van der Waals surface area contributed by atoms with Crippen molar-refractivity contribution in [2.75, 3.05) is 6.61 Å². The maximum atomic E-state index is 5.71. The van der Waals surface area contributed by atoms with E-state index in [0.29, 0.717) is 12.5 Å². The maximum Gasteiger partial charge on any atom is 0.122 e. The summed E-state index contributed by atoms with van der Waals surface area (Å²) < 4.78 is 7.91. The Bertz CT molecular complexity index is 518. The van der Waals surface area contributed by atoms with Crippen molar-refractivity contribution in [3.8, 4) is 5.75 Å². The zero-order valence-corrected chi connectivity index (χ0v) is 9.67. The summed E-state index contributed by atoms with van der Waals surface area (Å²) in [6.07, 6.45) is 2.09. The zero-order chi connectivity index (χ0) is 11.7. The molecule has 0 aliphatic carbocycles. The first-order valence-electron chi connectivity index (χ1n) is 5.94. The van der Waals surface area contributed by atoms with Crippen LogP contribution in [0.25, 0.3) is 0 Å². The summed E-state index contributed by atoms with van der Waals surface area (Å²) in [5.74, 6) is 1.46. The van der Waals surface area contributed by atoms with E-state index in [-0.39, 0.29) is 0 Å². The Labute approximate surface area is 101 Å². The topological polar surface area (TPSA) is 40.2 Å². The lowest BCUT2D eigenvalue weighted by Crippen LogP contribution is -2.13. The van der Waals surface area contributed by atoms with E-state index in [1.165, 1.54) is 11.3 Å². The first-order chi connectivity index (χ1) is 8.38. The number of nitrogens with zero attached hydrogens (tertiary/aromatic N) is 1. The van der Waals surface area contributed by atoms with Gasteiger partial charge >= 0.3 is 0 Å². The van der Waals surface area contributed by atoms with Crippen LogP contribution in [-0.4, -0.2) is 11.2 Å². The Morgan fingerprint density at radius 1 is 1.24 bits per heavy atom. The Kier molecular flexibility index (Phi) is 2.61. The van der Waals surface area contributed by atoms with Crippen LogP contribution in [0.2, 0.25) is 0 Å². The van der Waals surface area contributed by atoms with Gasteiger partial charge in [0.2, 0.25) is 0 Å². The molecule has 0 fully saturated rings. The van der Waals surface area contributed by atoms with Crippen molar-refractivity contribution < 1.29 is 4.74 Å². The first-order valence-corrected chi connectivity index (χ1v) is 5.94. The Morgan fingerprint density at radius 2 is 2.12 bits per heavy atom. The fourth-order valence-electron chi connectivity index (χ4n) is 2.43. The normalized spacial score (nSPS) is 17.8. The van der Waals surface area contributed by atoms with Crippen molar-refractivity contribution in [3.63, 3.8) is 0 Å². The standard InChI is InChI=1S/C14H16N2O/c15-8-12-4-3-7-16(12)9-11-10-17-14-6-2-1-5-13(11)14/h1-7,11H,8-10,15H2. The molecule has 0 saturated heterocycles. The third-order valence-electron chi connectivity index (χ3n) is 3.35. The van der Waals surface area contributed by atoms with Crippen LogP contribution in [0.4, 0.5) is 0 Å². The van der Waals surface area contributed by atoms with E-state index in [4.69, 9.17) is 10.5 Å². The molecule has 1 atom stereocenters. The number of fused-ring (bicyclic) bond motifs is 1. The van der Waals surface area contributed by atoms with Gasteiger partial charge in [-0.15, -0.1) is 0 Å². The number of benzene rings is 1. The zero-order valence-electron chi connectivity index (χ0n) is 9.67. The van der Waals surface area contributed by atoms with E-state index in [9.17, 15) is 0 Å². The van der Waals surface area contributed by atoms with Crippen LogP contribution in [0.15, 0.2) is 42.6 Å². The van der Waals surface area contributed by atoms with Crippen molar-refractivity contribution >= 4 is 0 Å². The van der Waals surface area contributed by atoms with Crippen LogP contribution in [0.1, 0.15) is 17.2 Å². The molecule has 0 radical (unpaired) electrons. The second-order valence-electron chi connectivity index (χ2n) is 4.40. The molecule has 17 heavy (non-hydrogen) atoms. The van der Waals surface area contributed by atoms with Gasteiger partial charge in [-0.1, -0.05) is 18.2 Å².